The van der Waals surface area contributed by atoms with E-state index in [0.29, 0.717) is 6.61 Å². The fourth-order valence-electron chi connectivity index (χ4n) is 2.60. The van der Waals surface area contributed by atoms with Gasteiger partial charge in [0.1, 0.15) is 0 Å². The molecule has 164 valence electrons. The number of unbranched alkanes of at least 4 members (excludes halogenated alkanes) is 6. The van der Waals surface area contributed by atoms with Gasteiger partial charge in [0.25, 0.3) is 0 Å². The Morgan fingerprint density at radius 3 is 1.61 bits per heavy atom. The average Bonchev–Trinajstić information content (AvgIpc) is 2.62. The second-order valence-corrected chi connectivity index (χ2v) is 8.57. The summed E-state index contributed by atoms with van der Waals surface area (Å²) in [7, 11) is 0. The van der Waals surface area contributed by atoms with E-state index >= 15 is 0 Å². The quantitative estimate of drug-likeness (QED) is 0.185. The van der Waals surface area contributed by atoms with E-state index < -0.39 is 11.4 Å². The van der Waals surface area contributed by atoms with Crippen LogP contribution in [-0.2, 0) is 14.3 Å². The molecule has 0 atom stereocenters. The molecule has 0 amide bonds. The summed E-state index contributed by atoms with van der Waals surface area (Å²) < 4.78 is 5.03. The molecule has 0 aliphatic carbocycles. The highest BCUT2D eigenvalue weighted by atomic mass is 16.5. The minimum Gasteiger partial charge on any atom is -0.481 e. The Bertz CT molecular complexity index is 450. The van der Waals surface area contributed by atoms with Crippen LogP contribution < -0.4 is 0 Å². The summed E-state index contributed by atoms with van der Waals surface area (Å²) in [4.78, 5) is 22.3. The van der Waals surface area contributed by atoms with Crippen molar-refractivity contribution in [3.63, 3.8) is 0 Å². The molecule has 0 heterocycles. The number of ether oxygens (including phenoxy) is 1. The maximum Gasteiger partial charge on any atom is 0.311 e. The van der Waals surface area contributed by atoms with Gasteiger partial charge in [-0.1, -0.05) is 37.8 Å². The number of carbonyl (C=O) groups excluding carboxylic acids is 1. The van der Waals surface area contributed by atoms with Crippen molar-refractivity contribution in [1.82, 2.24) is 0 Å². The van der Waals surface area contributed by atoms with Crippen LogP contribution >= 0.6 is 0 Å². The van der Waals surface area contributed by atoms with E-state index in [1.165, 1.54) is 6.42 Å². The first-order valence-electron chi connectivity index (χ1n) is 10.7. The van der Waals surface area contributed by atoms with E-state index in [-0.39, 0.29) is 11.4 Å². The summed E-state index contributed by atoms with van der Waals surface area (Å²) in [5.74, 6) is -0.773. The molecule has 0 aromatic heterocycles. The highest BCUT2D eigenvalue weighted by Crippen LogP contribution is 2.25. The topological polar surface area (TPSA) is 63.6 Å². The summed E-state index contributed by atoms with van der Waals surface area (Å²) >= 11 is 0. The number of rotatable bonds is 15. The molecule has 4 heteroatoms. The lowest BCUT2D eigenvalue weighted by Crippen LogP contribution is -2.26. The standard InChI is InChI=1S/C13H24O2.C11H20O2/c1-5-7-8-9-10-11-13(3,4)12(14)15-6-2;1-4-5-6-7-8-9-11(2,3)10(12)13/h5H,1,6-11H2,2-4H3;4H,1,5-9H2,2-3H3,(H,12,13). The van der Waals surface area contributed by atoms with Gasteiger partial charge in [-0.2, -0.15) is 0 Å². The van der Waals surface area contributed by atoms with Gasteiger partial charge in [0, 0.05) is 0 Å². The molecular formula is C24H44O4. The lowest BCUT2D eigenvalue weighted by atomic mass is 9.87. The third kappa shape index (κ3) is 15.5. The normalized spacial score (nSPS) is 11.2. The number of carboxylic acid groups (broad SMARTS) is 1. The zero-order valence-corrected chi connectivity index (χ0v) is 19.0. The van der Waals surface area contributed by atoms with Crippen LogP contribution in [0.2, 0.25) is 0 Å². The van der Waals surface area contributed by atoms with Gasteiger partial charge in [0.2, 0.25) is 0 Å². The minimum absolute atomic E-state index is 0.0753. The summed E-state index contributed by atoms with van der Waals surface area (Å²) in [5, 5.41) is 8.83. The molecule has 1 N–H and O–H groups in total. The molecule has 0 saturated carbocycles. The zero-order valence-electron chi connectivity index (χ0n) is 19.0. The molecule has 4 nitrogen and oxygen atoms in total. The number of aliphatic carboxylic acids is 1. The zero-order chi connectivity index (χ0) is 22.1. The van der Waals surface area contributed by atoms with Gasteiger partial charge in [-0.05, 0) is 73.1 Å². The highest BCUT2D eigenvalue weighted by Gasteiger charge is 2.28. The fourth-order valence-corrected chi connectivity index (χ4v) is 2.60. The Kier molecular flexibility index (Phi) is 16.7. The Labute approximate surface area is 173 Å². The van der Waals surface area contributed by atoms with Gasteiger partial charge in [0.05, 0.1) is 17.4 Å². The molecule has 0 aliphatic rings. The molecule has 0 unspecified atom stereocenters. The molecule has 0 rings (SSSR count). The Hall–Kier alpha value is -1.58. The highest BCUT2D eigenvalue weighted by molar-refractivity contribution is 5.75. The van der Waals surface area contributed by atoms with Crippen molar-refractivity contribution < 1.29 is 19.4 Å². The van der Waals surface area contributed by atoms with Crippen molar-refractivity contribution in [3.8, 4) is 0 Å². The largest absolute Gasteiger partial charge is 0.481 e. The molecule has 0 radical (unpaired) electrons. The summed E-state index contributed by atoms with van der Waals surface area (Å²) in [6, 6.07) is 0. The van der Waals surface area contributed by atoms with E-state index in [9.17, 15) is 9.59 Å². The number of carbonyl (C=O) groups is 2. The Morgan fingerprint density at radius 1 is 0.821 bits per heavy atom. The van der Waals surface area contributed by atoms with Crippen molar-refractivity contribution in [2.75, 3.05) is 6.61 Å². The van der Waals surface area contributed by atoms with E-state index in [4.69, 9.17) is 9.84 Å². The molecule has 0 fully saturated rings. The fraction of sp³-hybridized carbons (Fsp3) is 0.750. The van der Waals surface area contributed by atoms with Gasteiger partial charge in [-0.3, -0.25) is 9.59 Å². The SMILES string of the molecule is C=CCCCCCC(C)(C)C(=O)O.C=CCCCCCC(C)(C)C(=O)OCC. The van der Waals surface area contributed by atoms with Crippen molar-refractivity contribution in [2.24, 2.45) is 10.8 Å². The lowest BCUT2D eigenvalue weighted by molar-refractivity contribution is -0.153. The molecular weight excluding hydrogens is 352 g/mol. The maximum atomic E-state index is 11.5. The first-order valence-corrected chi connectivity index (χ1v) is 10.7. The number of carboxylic acids is 1. The second kappa shape index (κ2) is 16.4. The van der Waals surface area contributed by atoms with E-state index in [1.54, 1.807) is 13.8 Å². The summed E-state index contributed by atoms with van der Waals surface area (Å²) in [6.45, 7) is 17.1. The van der Waals surface area contributed by atoms with Crippen LogP contribution in [0, 0.1) is 10.8 Å². The number of allylic oxidation sites excluding steroid dienone is 2. The monoisotopic (exact) mass is 396 g/mol. The van der Waals surface area contributed by atoms with Gasteiger partial charge in [-0.25, -0.2) is 0 Å². The van der Waals surface area contributed by atoms with Crippen molar-refractivity contribution in [1.29, 1.82) is 0 Å². The molecule has 0 aromatic carbocycles. The molecule has 0 spiro atoms. The van der Waals surface area contributed by atoms with Crippen LogP contribution in [0.1, 0.15) is 98.8 Å². The minimum atomic E-state index is -0.698. The third-order valence-corrected chi connectivity index (χ3v) is 4.83. The van der Waals surface area contributed by atoms with E-state index in [0.717, 1.165) is 57.8 Å². The Balaban J connectivity index is 0. The lowest BCUT2D eigenvalue weighted by Gasteiger charge is -2.21. The predicted octanol–water partition coefficient (Wildman–Crippen LogP) is 6.95. The van der Waals surface area contributed by atoms with Crippen molar-refractivity contribution in [3.05, 3.63) is 25.3 Å². The first kappa shape index (κ1) is 28.6. The van der Waals surface area contributed by atoms with Gasteiger partial charge in [0.15, 0.2) is 0 Å². The van der Waals surface area contributed by atoms with Crippen LogP contribution in [-0.4, -0.2) is 23.7 Å². The molecule has 0 aromatic rings. The van der Waals surface area contributed by atoms with Gasteiger partial charge >= 0.3 is 11.9 Å². The molecule has 0 saturated heterocycles. The van der Waals surface area contributed by atoms with Crippen LogP contribution in [0.25, 0.3) is 0 Å². The second-order valence-electron chi connectivity index (χ2n) is 8.57. The van der Waals surface area contributed by atoms with Crippen molar-refractivity contribution in [2.45, 2.75) is 98.8 Å². The molecule has 0 bridgehead atoms. The summed E-state index contributed by atoms with van der Waals surface area (Å²) in [5.41, 5.74) is -0.891. The van der Waals surface area contributed by atoms with Crippen molar-refractivity contribution >= 4 is 11.9 Å². The first-order chi connectivity index (χ1) is 13.0. The van der Waals surface area contributed by atoms with E-state index in [2.05, 4.69) is 13.2 Å². The number of hydrogen-bond donors (Lipinski definition) is 1. The van der Waals surface area contributed by atoms with Gasteiger partial charge < -0.3 is 9.84 Å². The molecule has 0 aliphatic heterocycles. The third-order valence-electron chi connectivity index (χ3n) is 4.83. The van der Waals surface area contributed by atoms with E-state index in [1.807, 2.05) is 32.9 Å². The molecule has 28 heavy (non-hydrogen) atoms. The van der Waals surface area contributed by atoms with Crippen LogP contribution in [0.4, 0.5) is 0 Å². The summed E-state index contributed by atoms with van der Waals surface area (Å²) in [6.07, 6.45) is 14.3. The predicted molar refractivity (Wildman–Crippen MR) is 118 cm³/mol. The Morgan fingerprint density at radius 2 is 1.25 bits per heavy atom. The van der Waals surface area contributed by atoms with Gasteiger partial charge in [-0.15, -0.1) is 13.2 Å². The maximum absolute atomic E-state index is 11.5. The average molecular weight is 397 g/mol. The number of esters is 1. The van der Waals surface area contributed by atoms with Crippen LogP contribution in [0.3, 0.4) is 0 Å². The van der Waals surface area contributed by atoms with Crippen LogP contribution in [0.15, 0.2) is 25.3 Å². The smallest absolute Gasteiger partial charge is 0.311 e. The number of hydrogen-bond acceptors (Lipinski definition) is 3. The van der Waals surface area contributed by atoms with Crippen LogP contribution in [0.5, 0.6) is 0 Å².